The van der Waals surface area contributed by atoms with E-state index in [0.717, 1.165) is 33.5 Å². The first-order chi connectivity index (χ1) is 14.5. The number of carbonyl (C=O) groups excluding carboxylic acids is 1. The van der Waals surface area contributed by atoms with Crippen molar-refractivity contribution in [2.45, 2.75) is 65.2 Å². The molecule has 0 atom stereocenters. The summed E-state index contributed by atoms with van der Waals surface area (Å²) in [5.41, 5.74) is 5.55. The second kappa shape index (κ2) is 9.13. The fraction of sp³-hybridized carbons (Fsp3) is 0.480. The predicted octanol–water partition coefficient (Wildman–Crippen LogP) is 5.08. The van der Waals surface area contributed by atoms with Gasteiger partial charge in [-0.2, -0.15) is 4.31 Å². The molecule has 1 aliphatic heterocycles. The van der Waals surface area contributed by atoms with Gasteiger partial charge < -0.3 is 5.32 Å². The third-order valence-corrected chi connectivity index (χ3v) is 8.73. The average molecular weight is 443 g/mol. The summed E-state index contributed by atoms with van der Waals surface area (Å²) in [5, 5.41) is 3.07. The third kappa shape index (κ3) is 4.70. The van der Waals surface area contributed by atoms with E-state index in [1.807, 2.05) is 58.0 Å². The van der Waals surface area contributed by atoms with Crippen molar-refractivity contribution in [2.75, 3.05) is 18.4 Å². The Balaban J connectivity index is 1.73. The number of nitrogens with one attached hydrogen (secondary N) is 1. The summed E-state index contributed by atoms with van der Waals surface area (Å²) >= 11 is 0. The number of nitrogens with zero attached hydrogens (tertiary/aromatic N) is 1. The molecule has 1 fully saturated rings. The van der Waals surface area contributed by atoms with Crippen molar-refractivity contribution in [1.29, 1.82) is 0 Å². The summed E-state index contributed by atoms with van der Waals surface area (Å²) in [4.78, 5) is 13.3. The first kappa shape index (κ1) is 23.5. The van der Waals surface area contributed by atoms with Crippen LogP contribution in [0.3, 0.4) is 0 Å². The van der Waals surface area contributed by atoms with Crippen LogP contribution in [0.5, 0.6) is 0 Å². The Morgan fingerprint density at radius 1 is 1.00 bits per heavy atom. The molecule has 2 aromatic rings. The summed E-state index contributed by atoms with van der Waals surface area (Å²) in [5.74, 6) is 0.102. The monoisotopic (exact) mass is 442 g/mol. The Hall–Kier alpha value is -2.18. The number of piperidine rings is 1. The number of aryl methyl sites for hydroxylation is 2. The number of anilines is 1. The highest BCUT2D eigenvalue weighted by Crippen LogP contribution is 2.32. The van der Waals surface area contributed by atoms with E-state index in [0.29, 0.717) is 36.7 Å². The quantitative estimate of drug-likeness (QED) is 0.702. The van der Waals surface area contributed by atoms with Crippen LogP contribution < -0.4 is 5.32 Å². The molecule has 0 bridgehead atoms. The van der Waals surface area contributed by atoms with Crippen LogP contribution >= 0.6 is 0 Å². The van der Waals surface area contributed by atoms with Gasteiger partial charge in [0.15, 0.2) is 0 Å². The van der Waals surface area contributed by atoms with Crippen molar-refractivity contribution < 1.29 is 13.2 Å². The SMILES string of the molecule is Cc1cc(C)c(C)c(S(=O)(=O)N2CCC(C(=O)Nc3ccccc3C(C)C)CC2)c1C. The normalized spacial score (nSPS) is 16.0. The molecule has 0 unspecified atom stereocenters. The van der Waals surface area contributed by atoms with Crippen molar-refractivity contribution in [1.82, 2.24) is 4.31 Å². The lowest BCUT2D eigenvalue weighted by Crippen LogP contribution is -2.42. The van der Waals surface area contributed by atoms with Crippen molar-refractivity contribution >= 4 is 21.6 Å². The zero-order chi connectivity index (χ0) is 22.9. The smallest absolute Gasteiger partial charge is 0.243 e. The van der Waals surface area contributed by atoms with Crippen molar-refractivity contribution in [3.8, 4) is 0 Å². The number of benzene rings is 2. The van der Waals surface area contributed by atoms with Crippen LogP contribution in [-0.4, -0.2) is 31.7 Å². The fourth-order valence-electron chi connectivity index (χ4n) is 4.40. The van der Waals surface area contributed by atoms with Gasteiger partial charge in [-0.15, -0.1) is 0 Å². The summed E-state index contributed by atoms with van der Waals surface area (Å²) in [6.45, 7) is 12.6. The van der Waals surface area contributed by atoms with Crippen LogP contribution in [0.1, 0.15) is 60.4 Å². The van der Waals surface area contributed by atoms with Crippen LogP contribution in [0.15, 0.2) is 35.2 Å². The average Bonchev–Trinajstić information content (AvgIpc) is 2.72. The van der Waals surface area contributed by atoms with Crippen molar-refractivity contribution in [2.24, 2.45) is 5.92 Å². The largest absolute Gasteiger partial charge is 0.326 e. The molecule has 31 heavy (non-hydrogen) atoms. The maximum Gasteiger partial charge on any atom is 0.243 e. The highest BCUT2D eigenvalue weighted by molar-refractivity contribution is 7.89. The lowest BCUT2D eigenvalue weighted by Gasteiger charge is -2.32. The summed E-state index contributed by atoms with van der Waals surface area (Å²) in [6, 6.07) is 9.90. The minimum absolute atomic E-state index is 0.0242. The molecule has 1 aliphatic rings. The molecule has 2 aromatic carbocycles. The Morgan fingerprint density at radius 3 is 2.10 bits per heavy atom. The standard InChI is InChI=1S/C25H34N2O3S/c1-16(2)22-9-7-8-10-23(22)26-25(28)21-11-13-27(14-12-21)31(29,30)24-19(5)17(3)15-18(4)20(24)6/h7-10,15-16,21H,11-14H2,1-6H3,(H,26,28). The molecule has 168 valence electrons. The summed E-state index contributed by atoms with van der Waals surface area (Å²) < 4.78 is 28.4. The fourth-order valence-corrected chi connectivity index (χ4v) is 6.45. The predicted molar refractivity (Wildman–Crippen MR) is 126 cm³/mol. The number of carbonyl (C=O) groups is 1. The van der Waals surface area contributed by atoms with Gasteiger partial charge in [0.2, 0.25) is 15.9 Å². The number of rotatable bonds is 5. The summed E-state index contributed by atoms with van der Waals surface area (Å²) in [7, 11) is -3.59. The Labute approximate surface area is 186 Å². The van der Waals surface area contributed by atoms with Gasteiger partial charge in [-0.1, -0.05) is 38.1 Å². The van der Waals surface area contributed by atoms with Gasteiger partial charge in [0.1, 0.15) is 0 Å². The zero-order valence-corrected chi connectivity index (χ0v) is 20.3. The Bertz CT molecular complexity index is 1060. The maximum atomic E-state index is 13.4. The van der Waals surface area contributed by atoms with E-state index < -0.39 is 10.0 Å². The van der Waals surface area contributed by atoms with E-state index in [2.05, 4.69) is 19.2 Å². The molecule has 0 radical (unpaired) electrons. The van der Waals surface area contributed by atoms with Gasteiger partial charge >= 0.3 is 0 Å². The molecule has 1 heterocycles. The molecule has 0 aliphatic carbocycles. The zero-order valence-electron chi connectivity index (χ0n) is 19.5. The number of hydrogen-bond donors (Lipinski definition) is 1. The molecular weight excluding hydrogens is 408 g/mol. The molecule has 3 rings (SSSR count). The number of para-hydroxylation sites is 1. The Kier molecular flexibility index (Phi) is 6.92. The second-order valence-corrected chi connectivity index (χ2v) is 10.9. The maximum absolute atomic E-state index is 13.4. The molecule has 1 amide bonds. The first-order valence-electron chi connectivity index (χ1n) is 11.0. The van der Waals surface area contributed by atoms with Crippen LogP contribution in [0.2, 0.25) is 0 Å². The molecule has 6 heteroatoms. The van der Waals surface area contributed by atoms with E-state index in [9.17, 15) is 13.2 Å². The molecule has 0 spiro atoms. The molecule has 0 aromatic heterocycles. The number of hydrogen-bond acceptors (Lipinski definition) is 3. The first-order valence-corrected chi connectivity index (χ1v) is 12.4. The second-order valence-electron chi connectivity index (χ2n) is 9.00. The number of sulfonamides is 1. The van der Waals surface area contributed by atoms with E-state index >= 15 is 0 Å². The highest BCUT2D eigenvalue weighted by Gasteiger charge is 2.34. The minimum atomic E-state index is -3.59. The minimum Gasteiger partial charge on any atom is -0.326 e. The van der Waals surface area contributed by atoms with Gasteiger partial charge in [-0.05, 0) is 80.3 Å². The molecule has 5 nitrogen and oxygen atoms in total. The van der Waals surface area contributed by atoms with E-state index in [4.69, 9.17) is 0 Å². The van der Waals surface area contributed by atoms with Gasteiger partial charge in [0.25, 0.3) is 0 Å². The van der Waals surface area contributed by atoms with Gasteiger partial charge in [0, 0.05) is 24.7 Å². The topological polar surface area (TPSA) is 66.5 Å². The molecule has 1 saturated heterocycles. The summed E-state index contributed by atoms with van der Waals surface area (Å²) in [6.07, 6.45) is 1.05. The molecule has 0 saturated carbocycles. The molecular formula is C25H34N2O3S. The highest BCUT2D eigenvalue weighted by atomic mass is 32.2. The van der Waals surface area contributed by atoms with E-state index in [1.165, 1.54) is 0 Å². The van der Waals surface area contributed by atoms with E-state index in [1.54, 1.807) is 4.31 Å². The van der Waals surface area contributed by atoms with E-state index in [-0.39, 0.29) is 11.8 Å². The van der Waals surface area contributed by atoms with Crippen molar-refractivity contribution in [3.63, 3.8) is 0 Å². The lowest BCUT2D eigenvalue weighted by molar-refractivity contribution is -0.120. The van der Waals surface area contributed by atoms with Gasteiger partial charge in [0.05, 0.1) is 4.90 Å². The van der Waals surface area contributed by atoms with Gasteiger partial charge in [-0.25, -0.2) is 8.42 Å². The van der Waals surface area contributed by atoms with Crippen molar-refractivity contribution in [3.05, 3.63) is 58.1 Å². The van der Waals surface area contributed by atoms with Crippen LogP contribution in [-0.2, 0) is 14.8 Å². The third-order valence-electron chi connectivity index (χ3n) is 6.56. The Morgan fingerprint density at radius 2 is 1.55 bits per heavy atom. The number of amides is 1. The molecule has 1 N–H and O–H groups in total. The van der Waals surface area contributed by atoms with Crippen LogP contribution in [0.4, 0.5) is 5.69 Å². The lowest BCUT2D eigenvalue weighted by atomic mass is 9.96. The van der Waals surface area contributed by atoms with Gasteiger partial charge in [-0.3, -0.25) is 4.79 Å². The van der Waals surface area contributed by atoms with Crippen LogP contribution in [0, 0.1) is 33.6 Å². The van der Waals surface area contributed by atoms with Crippen LogP contribution in [0.25, 0.3) is 0 Å².